The first-order valence-corrected chi connectivity index (χ1v) is 10.9. The molecule has 4 rings (SSSR count). The first-order valence-electron chi connectivity index (χ1n) is 10.5. The molecule has 0 aliphatic rings. The average molecular weight is 469 g/mol. The maximum atomic E-state index is 12.4. The van der Waals surface area contributed by atoms with Crippen molar-refractivity contribution in [3.8, 4) is 28.4 Å². The summed E-state index contributed by atoms with van der Waals surface area (Å²) in [6.07, 6.45) is 0. The maximum absolute atomic E-state index is 12.4. The van der Waals surface area contributed by atoms with Gasteiger partial charge in [-0.05, 0) is 67.1 Å². The molecular weight excluding hydrogens is 444 g/mol. The zero-order valence-corrected chi connectivity index (χ0v) is 19.9. The molecule has 2 heterocycles. The van der Waals surface area contributed by atoms with Crippen LogP contribution < -0.4 is 15.2 Å². The maximum Gasteiger partial charge on any atom is 0.368 e. The Labute approximate surface area is 196 Å². The Morgan fingerprint density at radius 2 is 1.79 bits per heavy atom. The summed E-state index contributed by atoms with van der Waals surface area (Å²) in [5.74, 6) is 1.34. The van der Waals surface area contributed by atoms with Crippen molar-refractivity contribution in [3.05, 3.63) is 68.7 Å². The number of benzene rings is 2. The number of halogens is 1. The van der Waals surface area contributed by atoms with Crippen molar-refractivity contribution in [2.45, 2.75) is 27.4 Å². The SMILES string of the molecule is CCOc1cccc(-n2nnn(C)c2=O)c1COc1ccc(-c2nn(C)c(Cl)c2C)cc1C. The molecule has 0 atom stereocenters. The van der Waals surface area contributed by atoms with Crippen LogP contribution in [-0.2, 0) is 20.7 Å². The van der Waals surface area contributed by atoms with Crippen LogP contribution in [0.4, 0.5) is 0 Å². The molecule has 0 saturated carbocycles. The minimum absolute atomic E-state index is 0.184. The Bertz CT molecular complexity index is 1370. The van der Waals surface area contributed by atoms with E-state index in [1.807, 2.05) is 58.2 Å². The largest absolute Gasteiger partial charge is 0.493 e. The summed E-state index contributed by atoms with van der Waals surface area (Å²) in [4.78, 5) is 12.4. The molecule has 33 heavy (non-hydrogen) atoms. The molecule has 0 unspecified atom stereocenters. The molecule has 2 aromatic heterocycles. The van der Waals surface area contributed by atoms with Crippen LogP contribution in [0, 0.1) is 13.8 Å². The molecule has 0 spiro atoms. The minimum atomic E-state index is -0.352. The lowest BCUT2D eigenvalue weighted by molar-refractivity contribution is 0.284. The lowest BCUT2D eigenvalue weighted by Gasteiger charge is -2.16. The van der Waals surface area contributed by atoms with E-state index in [0.29, 0.717) is 34.5 Å². The Balaban J connectivity index is 1.66. The van der Waals surface area contributed by atoms with E-state index in [0.717, 1.165) is 22.4 Å². The van der Waals surface area contributed by atoms with Crippen LogP contribution in [0.1, 0.15) is 23.6 Å². The summed E-state index contributed by atoms with van der Waals surface area (Å²) in [6, 6.07) is 11.3. The van der Waals surface area contributed by atoms with Crippen LogP contribution >= 0.6 is 11.6 Å². The molecule has 0 radical (unpaired) electrons. The summed E-state index contributed by atoms with van der Waals surface area (Å²) in [6.45, 7) is 6.49. The summed E-state index contributed by atoms with van der Waals surface area (Å²) in [5.41, 5.74) is 4.59. The highest BCUT2D eigenvalue weighted by Gasteiger charge is 2.17. The molecule has 0 aliphatic heterocycles. The molecule has 172 valence electrons. The van der Waals surface area contributed by atoms with Gasteiger partial charge in [-0.15, -0.1) is 0 Å². The number of tetrazole rings is 1. The van der Waals surface area contributed by atoms with Gasteiger partial charge >= 0.3 is 5.69 Å². The van der Waals surface area contributed by atoms with Gasteiger partial charge < -0.3 is 9.47 Å². The average Bonchev–Trinajstić information content (AvgIpc) is 3.26. The number of hydrogen-bond acceptors (Lipinski definition) is 6. The second-order valence-corrected chi connectivity index (χ2v) is 8.00. The van der Waals surface area contributed by atoms with Gasteiger partial charge in [-0.3, -0.25) is 4.68 Å². The monoisotopic (exact) mass is 468 g/mol. The molecule has 0 bridgehead atoms. The van der Waals surface area contributed by atoms with Gasteiger partial charge in [0.25, 0.3) is 0 Å². The van der Waals surface area contributed by atoms with E-state index in [4.69, 9.17) is 21.1 Å². The second kappa shape index (κ2) is 9.11. The Hall–Kier alpha value is -3.59. The third-order valence-corrected chi connectivity index (χ3v) is 5.91. The Kier molecular flexibility index (Phi) is 6.24. The zero-order chi connectivity index (χ0) is 23.7. The first kappa shape index (κ1) is 22.6. The summed E-state index contributed by atoms with van der Waals surface area (Å²) in [7, 11) is 3.37. The highest BCUT2D eigenvalue weighted by molar-refractivity contribution is 6.30. The number of aryl methyl sites for hydroxylation is 3. The van der Waals surface area contributed by atoms with Crippen LogP contribution in [0.25, 0.3) is 16.9 Å². The van der Waals surface area contributed by atoms with E-state index in [9.17, 15) is 4.79 Å². The van der Waals surface area contributed by atoms with Gasteiger partial charge in [0.15, 0.2) is 0 Å². The van der Waals surface area contributed by atoms with Gasteiger partial charge in [0.05, 0.1) is 23.6 Å². The predicted octanol–water partition coefficient (Wildman–Crippen LogP) is 3.61. The summed E-state index contributed by atoms with van der Waals surface area (Å²) < 4.78 is 16.0. The van der Waals surface area contributed by atoms with E-state index in [-0.39, 0.29) is 12.3 Å². The van der Waals surface area contributed by atoms with Gasteiger partial charge in [0, 0.05) is 25.2 Å². The fourth-order valence-electron chi connectivity index (χ4n) is 3.65. The second-order valence-electron chi connectivity index (χ2n) is 7.64. The highest BCUT2D eigenvalue weighted by atomic mass is 35.5. The van der Waals surface area contributed by atoms with Gasteiger partial charge in [-0.1, -0.05) is 17.7 Å². The van der Waals surface area contributed by atoms with Crippen molar-refractivity contribution in [2.24, 2.45) is 14.1 Å². The van der Waals surface area contributed by atoms with Gasteiger partial charge in [-0.25, -0.2) is 4.79 Å². The van der Waals surface area contributed by atoms with E-state index in [1.165, 1.54) is 9.36 Å². The molecule has 2 aromatic carbocycles. The molecule has 4 aromatic rings. The number of ether oxygens (including phenoxy) is 2. The molecular formula is C23H25ClN6O3. The third kappa shape index (κ3) is 4.23. The van der Waals surface area contributed by atoms with Crippen molar-refractivity contribution in [2.75, 3.05) is 6.61 Å². The van der Waals surface area contributed by atoms with Crippen LogP contribution in [0.3, 0.4) is 0 Å². The van der Waals surface area contributed by atoms with E-state index < -0.39 is 0 Å². The summed E-state index contributed by atoms with van der Waals surface area (Å²) in [5, 5.41) is 12.9. The number of nitrogens with zero attached hydrogens (tertiary/aromatic N) is 6. The molecule has 9 nitrogen and oxygen atoms in total. The van der Waals surface area contributed by atoms with Crippen molar-refractivity contribution in [1.82, 2.24) is 29.6 Å². The lowest BCUT2D eigenvalue weighted by atomic mass is 10.1. The van der Waals surface area contributed by atoms with Crippen LogP contribution in [-0.4, -0.2) is 36.2 Å². The molecule has 0 saturated heterocycles. The molecule has 0 amide bonds. The van der Waals surface area contributed by atoms with E-state index in [2.05, 4.69) is 15.5 Å². The van der Waals surface area contributed by atoms with Crippen molar-refractivity contribution in [3.63, 3.8) is 0 Å². The minimum Gasteiger partial charge on any atom is -0.493 e. The number of rotatable bonds is 7. The fourth-order valence-corrected chi connectivity index (χ4v) is 3.77. The number of hydrogen-bond donors (Lipinski definition) is 0. The van der Waals surface area contributed by atoms with E-state index >= 15 is 0 Å². The Morgan fingerprint density at radius 1 is 1.00 bits per heavy atom. The molecule has 0 N–H and O–H groups in total. The smallest absolute Gasteiger partial charge is 0.368 e. The number of aromatic nitrogens is 6. The highest BCUT2D eigenvalue weighted by Crippen LogP contribution is 2.32. The van der Waals surface area contributed by atoms with Crippen molar-refractivity contribution < 1.29 is 9.47 Å². The molecule has 10 heteroatoms. The van der Waals surface area contributed by atoms with Crippen molar-refractivity contribution in [1.29, 1.82) is 0 Å². The summed E-state index contributed by atoms with van der Waals surface area (Å²) >= 11 is 6.28. The lowest BCUT2D eigenvalue weighted by Crippen LogP contribution is -2.23. The predicted molar refractivity (Wildman–Crippen MR) is 125 cm³/mol. The van der Waals surface area contributed by atoms with Crippen LogP contribution in [0.5, 0.6) is 11.5 Å². The third-order valence-electron chi connectivity index (χ3n) is 5.38. The van der Waals surface area contributed by atoms with Gasteiger partial charge in [0.1, 0.15) is 23.3 Å². The van der Waals surface area contributed by atoms with Gasteiger partial charge in [-0.2, -0.15) is 14.5 Å². The first-order chi connectivity index (χ1) is 15.8. The normalized spacial score (nSPS) is 11.1. The van der Waals surface area contributed by atoms with Crippen molar-refractivity contribution >= 4 is 11.6 Å². The standard InChI is InChI=1S/C23H25ClN6O3/c1-6-32-20-9-7-8-18(30-23(31)29(5)26-27-30)17(20)13-33-19-11-10-16(12-14(19)2)21-15(3)22(24)28(4)25-21/h7-12H,6,13H2,1-5H3. The van der Waals surface area contributed by atoms with Crippen LogP contribution in [0.2, 0.25) is 5.15 Å². The zero-order valence-electron chi connectivity index (χ0n) is 19.2. The molecule has 0 aliphatic carbocycles. The quantitative estimate of drug-likeness (QED) is 0.411. The topological polar surface area (TPSA) is 89.0 Å². The molecule has 0 fully saturated rings. The van der Waals surface area contributed by atoms with E-state index in [1.54, 1.807) is 17.8 Å². The van der Waals surface area contributed by atoms with Crippen LogP contribution in [0.15, 0.2) is 41.2 Å². The fraction of sp³-hybridized carbons (Fsp3) is 0.304. The Morgan fingerprint density at radius 3 is 2.39 bits per heavy atom. The van der Waals surface area contributed by atoms with Gasteiger partial charge in [0.2, 0.25) is 0 Å².